The van der Waals surface area contributed by atoms with Crippen molar-refractivity contribution in [3.63, 3.8) is 0 Å². The lowest BCUT2D eigenvalue weighted by molar-refractivity contribution is -0.120. The summed E-state index contributed by atoms with van der Waals surface area (Å²) < 4.78 is 30.4. The van der Waals surface area contributed by atoms with Gasteiger partial charge in [-0.1, -0.05) is 0 Å². The zero-order chi connectivity index (χ0) is 19.1. The van der Waals surface area contributed by atoms with E-state index in [2.05, 4.69) is 15.5 Å². The smallest absolute Gasteiger partial charge is 0.246 e. The number of nitrogens with one attached hydrogen (secondary N) is 1. The zero-order valence-electron chi connectivity index (χ0n) is 15.4. The Morgan fingerprint density at radius 1 is 1.27 bits per heavy atom. The van der Waals surface area contributed by atoms with Crippen LogP contribution in [0, 0.1) is 19.8 Å². The van der Waals surface area contributed by atoms with Gasteiger partial charge in [0.05, 0.1) is 17.8 Å². The SMILES string of the molecule is Cc1cc(NC(=O)C2CCCN(S(=O)(=O)c3cnn(C)c3C)C2)nn1C. The van der Waals surface area contributed by atoms with Gasteiger partial charge in [0.2, 0.25) is 15.9 Å². The first kappa shape index (κ1) is 18.6. The van der Waals surface area contributed by atoms with Crippen molar-refractivity contribution < 1.29 is 13.2 Å². The third kappa shape index (κ3) is 3.38. The van der Waals surface area contributed by atoms with E-state index in [4.69, 9.17) is 0 Å². The van der Waals surface area contributed by atoms with Crippen LogP contribution in [-0.2, 0) is 28.9 Å². The molecule has 0 bridgehead atoms. The number of hydrogen-bond acceptors (Lipinski definition) is 5. The Labute approximate surface area is 153 Å². The largest absolute Gasteiger partial charge is 0.309 e. The second-order valence-electron chi connectivity index (χ2n) is 6.70. The molecule has 0 radical (unpaired) electrons. The minimum Gasteiger partial charge on any atom is -0.309 e. The molecule has 10 heteroatoms. The molecule has 0 aliphatic carbocycles. The number of carbonyl (C=O) groups is 1. The van der Waals surface area contributed by atoms with E-state index in [-0.39, 0.29) is 17.3 Å². The fraction of sp³-hybridized carbons (Fsp3) is 0.562. The van der Waals surface area contributed by atoms with Gasteiger partial charge in [0, 0.05) is 38.9 Å². The predicted molar refractivity (Wildman–Crippen MR) is 96.0 cm³/mol. The van der Waals surface area contributed by atoms with Crippen LogP contribution in [0.4, 0.5) is 5.82 Å². The lowest BCUT2D eigenvalue weighted by Gasteiger charge is -2.30. The van der Waals surface area contributed by atoms with Crippen LogP contribution >= 0.6 is 0 Å². The van der Waals surface area contributed by atoms with E-state index >= 15 is 0 Å². The highest BCUT2D eigenvalue weighted by molar-refractivity contribution is 7.89. The summed E-state index contributed by atoms with van der Waals surface area (Å²) in [5.74, 6) is -0.123. The summed E-state index contributed by atoms with van der Waals surface area (Å²) >= 11 is 0. The number of hydrogen-bond donors (Lipinski definition) is 1. The first-order valence-corrected chi connectivity index (χ1v) is 9.94. The van der Waals surface area contributed by atoms with E-state index in [1.165, 1.54) is 15.2 Å². The first-order valence-electron chi connectivity index (χ1n) is 8.50. The van der Waals surface area contributed by atoms with Crippen LogP contribution < -0.4 is 5.32 Å². The normalized spacial score (nSPS) is 18.8. The van der Waals surface area contributed by atoms with Crippen LogP contribution in [0.1, 0.15) is 24.2 Å². The van der Waals surface area contributed by atoms with Crippen LogP contribution in [0.2, 0.25) is 0 Å². The average molecular weight is 380 g/mol. The number of anilines is 1. The summed E-state index contributed by atoms with van der Waals surface area (Å²) in [4.78, 5) is 12.8. The Bertz CT molecular complexity index is 910. The minimum atomic E-state index is -3.66. The molecule has 142 valence electrons. The molecule has 3 heterocycles. The van der Waals surface area contributed by atoms with Gasteiger partial charge < -0.3 is 5.32 Å². The van der Waals surface area contributed by atoms with Gasteiger partial charge in [-0.05, 0) is 26.7 Å². The molecule has 1 aliphatic rings. The molecule has 1 amide bonds. The van der Waals surface area contributed by atoms with Crippen molar-refractivity contribution in [3.8, 4) is 0 Å². The van der Waals surface area contributed by atoms with Crippen molar-refractivity contribution in [2.45, 2.75) is 31.6 Å². The predicted octanol–water partition coefficient (Wildman–Crippen LogP) is 0.810. The molecule has 1 aliphatic heterocycles. The molecule has 1 atom stereocenters. The summed E-state index contributed by atoms with van der Waals surface area (Å²) in [7, 11) is -0.158. The van der Waals surface area contributed by atoms with E-state index in [1.54, 1.807) is 31.8 Å². The van der Waals surface area contributed by atoms with Crippen molar-refractivity contribution in [1.29, 1.82) is 0 Å². The quantitative estimate of drug-likeness (QED) is 0.846. The van der Waals surface area contributed by atoms with Crippen LogP contribution in [0.5, 0.6) is 0 Å². The number of carbonyl (C=O) groups excluding carboxylic acids is 1. The maximum absolute atomic E-state index is 12.9. The van der Waals surface area contributed by atoms with E-state index in [1.807, 2.05) is 6.92 Å². The third-order valence-electron chi connectivity index (χ3n) is 4.93. The second kappa shape index (κ2) is 6.84. The molecule has 2 aromatic heterocycles. The van der Waals surface area contributed by atoms with Crippen molar-refractivity contribution in [2.75, 3.05) is 18.4 Å². The standard InChI is InChI=1S/C16H24N6O3S/c1-11-8-15(19-20(11)3)18-16(23)13-6-5-7-22(10-13)26(24,25)14-9-17-21(4)12(14)2/h8-9,13H,5-7,10H2,1-4H3,(H,18,19,23). The fourth-order valence-electron chi connectivity index (χ4n) is 3.10. The van der Waals surface area contributed by atoms with Crippen LogP contribution in [0.3, 0.4) is 0 Å². The third-order valence-corrected chi connectivity index (χ3v) is 6.90. The Hall–Kier alpha value is -2.20. The van der Waals surface area contributed by atoms with Crippen molar-refractivity contribution >= 4 is 21.7 Å². The molecule has 0 aromatic carbocycles. The molecule has 9 nitrogen and oxygen atoms in total. The van der Waals surface area contributed by atoms with Gasteiger partial charge in [0.15, 0.2) is 5.82 Å². The lowest BCUT2D eigenvalue weighted by Crippen LogP contribution is -2.43. The molecule has 1 saturated heterocycles. The average Bonchev–Trinajstić information content (AvgIpc) is 3.10. The highest BCUT2D eigenvalue weighted by atomic mass is 32.2. The molecular formula is C16H24N6O3S. The molecule has 1 N–H and O–H groups in total. The van der Waals surface area contributed by atoms with E-state index in [0.29, 0.717) is 30.9 Å². The topological polar surface area (TPSA) is 102 Å². The summed E-state index contributed by atoms with van der Waals surface area (Å²) in [5, 5.41) is 11.0. The molecule has 3 rings (SSSR count). The maximum Gasteiger partial charge on any atom is 0.246 e. The number of amides is 1. The Balaban J connectivity index is 1.74. The monoisotopic (exact) mass is 380 g/mol. The fourth-order valence-corrected chi connectivity index (χ4v) is 4.81. The summed E-state index contributed by atoms with van der Waals surface area (Å²) in [6.45, 7) is 4.18. The maximum atomic E-state index is 12.9. The van der Waals surface area contributed by atoms with Crippen LogP contribution in [0.25, 0.3) is 0 Å². The molecule has 1 unspecified atom stereocenters. The van der Waals surface area contributed by atoms with Gasteiger partial charge in [-0.25, -0.2) is 8.42 Å². The summed E-state index contributed by atoms with van der Waals surface area (Å²) in [5.41, 5.74) is 1.51. The molecule has 2 aromatic rings. The van der Waals surface area contributed by atoms with Gasteiger partial charge in [0.1, 0.15) is 4.90 Å². The van der Waals surface area contributed by atoms with Crippen LogP contribution in [-0.4, -0.2) is 51.3 Å². The van der Waals surface area contributed by atoms with Crippen molar-refractivity contribution in [1.82, 2.24) is 23.9 Å². The molecule has 0 spiro atoms. The lowest BCUT2D eigenvalue weighted by atomic mass is 9.99. The number of nitrogens with zero attached hydrogens (tertiary/aromatic N) is 5. The van der Waals surface area contributed by atoms with Crippen molar-refractivity contribution in [3.05, 3.63) is 23.7 Å². The molecule has 0 saturated carbocycles. The number of aryl methyl sites for hydroxylation is 3. The van der Waals surface area contributed by atoms with E-state index in [0.717, 1.165) is 5.69 Å². The number of rotatable bonds is 4. The molecule has 1 fully saturated rings. The summed E-state index contributed by atoms with van der Waals surface area (Å²) in [6.07, 6.45) is 2.65. The Morgan fingerprint density at radius 2 is 2.00 bits per heavy atom. The highest BCUT2D eigenvalue weighted by Gasteiger charge is 2.35. The Morgan fingerprint density at radius 3 is 2.58 bits per heavy atom. The van der Waals surface area contributed by atoms with Gasteiger partial charge >= 0.3 is 0 Å². The van der Waals surface area contributed by atoms with E-state index < -0.39 is 15.9 Å². The number of sulfonamides is 1. The minimum absolute atomic E-state index is 0.161. The van der Waals surface area contributed by atoms with Gasteiger partial charge in [-0.3, -0.25) is 14.2 Å². The molecular weight excluding hydrogens is 356 g/mol. The molecule has 26 heavy (non-hydrogen) atoms. The highest BCUT2D eigenvalue weighted by Crippen LogP contribution is 2.26. The zero-order valence-corrected chi connectivity index (χ0v) is 16.2. The van der Waals surface area contributed by atoms with E-state index in [9.17, 15) is 13.2 Å². The second-order valence-corrected chi connectivity index (χ2v) is 8.61. The van der Waals surface area contributed by atoms with Gasteiger partial charge in [-0.2, -0.15) is 14.5 Å². The van der Waals surface area contributed by atoms with Crippen molar-refractivity contribution in [2.24, 2.45) is 20.0 Å². The number of piperidine rings is 1. The van der Waals surface area contributed by atoms with Gasteiger partial charge in [0.25, 0.3) is 0 Å². The van der Waals surface area contributed by atoms with Gasteiger partial charge in [-0.15, -0.1) is 0 Å². The first-order chi connectivity index (χ1) is 12.2. The number of aromatic nitrogens is 4. The van der Waals surface area contributed by atoms with Crippen LogP contribution in [0.15, 0.2) is 17.2 Å². The summed E-state index contributed by atoms with van der Waals surface area (Å²) in [6, 6.07) is 1.79. The Kier molecular flexibility index (Phi) is 4.89.